The Bertz CT molecular complexity index is 5230. The molecule has 0 unspecified atom stereocenters. The summed E-state index contributed by atoms with van der Waals surface area (Å²) in [4.78, 5) is 141. The molecule has 18 atom stereocenters. The van der Waals surface area contributed by atoms with Crippen molar-refractivity contribution in [2.24, 2.45) is 53.1 Å². The van der Waals surface area contributed by atoms with Gasteiger partial charge in [-0.2, -0.15) is 0 Å². The van der Waals surface area contributed by atoms with E-state index in [1.807, 2.05) is 13.8 Å². The standard InChI is InChI=1S/C93H113Cl2N9O26/c1-8-45(21-41(2)3)87(118)103-78-64(109)30-52(33-73(112)100-92(122)99-61-13-12-54(123-19-17-97-6)36-69(61)124-20-18-98-7)88(119)101-76-51-31-70(126-67-15-10-47(80(78)113)28-59(67)94)84(130-91-85(83(116)82(115)72(40-105)128-91)129-74-39-93(5,96)86(117)42(4)125-74)71(32-51)127-68-16-11-48(29-60(68)95)81(114)79-90(121)102-77(66(111)37-55-49-23-43-22-44(25-49)26-50(55)24-43)58-34-53(106)35-63(108)75(58)57-27-46(9-14-62(57)107)56(38-65(76)110)89(120)104-79/h9-16,27-29,31-32,34-36,41-45,49-50,52,55-56,72,74,76-83,85-86,91,97-98,105-108,113-117H,8,17-26,30,33,37-40,96H2,1-7H3,(H,101,119)(H,102,121)(H,103,118)(H,104,120)(H2,99,100,112,122)/t42-,43?,44?,45+,49?,50?,52-,55?,56+,72+,74-,76+,77-,78-,79-,80+,81+,82+,83-,85+,86+,91-,93-/m0/s1. The van der Waals surface area contributed by atoms with Gasteiger partial charge in [-0.3, -0.25) is 43.7 Å². The maximum atomic E-state index is 16.9. The zero-order valence-electron chi connectivity index (χ0n) is 72.8. The lowest BCUT2D eigenvalue weighted by molar-refractivity contribution is -0.333. The third-order valence-electron chi connectivity index (χ3n) is 26.2. The number of hydrogen-bond acceptors (Lipinski definition) is 29. The van der Waals surface area contributed by atoms with E-state index in [1.54, 1.807) is 21.0 Å². The highest BCUT2D eigenvalue weighted by molar-refractivity contribution is 6.32. The molecule has 2 saturated heterocycles. The van der Waals surface area contributed by atoms with Crippen LogP contribution in [-0.2, 0) is 52.6 Å². The van der Waals surface area contributed by atoms with Crippen molar-refractivity contribution in [2.45, 2.75) is 209 Å². The number of aliphatic hydroxyl groups excluding tert-OH is 6. The molecule has 15 bridgehead atoms. The van der Waals surface area contributed by atoms with Gasteiger partial charge in [-0.1, -0.05) is 62.2 Å². The Kier molecular flexibility index (Phi) is 30.0. The first-order valence-corrected chi connectivity index (χ1v) is 44.8. The lowest BCUT2D eigenvalue weighted by Gasteiger charge is -2.54. The molecule has 7 aliphatic heterocycles. The number of nitrogens with two attached hydrogens (primary N) is 1. The minimum absolute atomic E-state index is 0.0408. The largest absolute Gasteiger partial charge is 0.508 e. The van der Waals surface area contributed by atoms with Crippen LogP contribution < -0.4 is 72.0 Å². The Morgan fingerprint density at radius 3 is 1.95 bits per heavy atom. The number of rotatable bonds is 24. The van der Waals surface area contributed by atoms with E-state index in [9.17, 15) is 60.3 Å². The summed E-state index contributed by atoms with van der Waals surface area (Å²) < 4.78 is 51.2. The molecule has 0 radical (unpaired) electrons. The van der Waals surface area contributed by atoms with E-state index < -0.39 is 233 Å². The highest BCUT2D eigenvalue weighted by Gasteiger charge is 2.53. The number of imide groups is 1. The Hall–Kier alpha value is -10.4. The van der Waals surface area contributed by atoms with Gasteiger partial charge >= 0.3 is 6.03 Å². The van der Waals surface area contributed by atoms with Gasteiger partial charge in [0, 0.05) is 79.9 Å². The van der Waals surface area contributed by atoms with E-state index in [-0.39, 0.29) is 117 Å². The first-order valence-electron chi connectivity index (χ1n) is 44.0. The minimum Gasteiger partial charge on any atom is -0.508 e. The zero-order chi connectivity index (χ0) is 93.2. The quantitative estimate of drug-likeness (QED) is 0.0260. The number of ketones is 3. The summed E-state index contributed by atoms with van der Waals surface area (Å²) >= 11 is 14.6. The van der Waals surface area contributed by atoms with Crippen molar-refractivity contribution >= 4 is 81.8 Å². The number of Topliss-reactive ketones (excluding diaryl/α,β-unsaturated/α-hetero) is 3. The molecule has 0 spiro atoms. The number of benzene rings is 6. The predicted molar refractivity (Wildman–Crippen MR) is 469 cm³/mol. The number of amides is 7. The van der Waals surface area contributed by atoms with Gasteiger partial charge in [-0.25, -0.2) is 4.79 Å². The van der Waals surface area contributed by atoms with Gasteiger partial charge in [0.05, 0.1) is 46.4 Å². The molecule has 4 aliphatic carbocycles. The molecule has 11 aliphatic rings. The van der Waals surface area contributed by atoms with Crippen LogP contribution >= 0.6 is 23.2 Å². The van der Waals surface area contributed by atoms with Crippen LogP contribution in [0.1, 0.15) is 170 Å². The fourth-order valence-corrected chi connectivity index (χ4v) is 20.1. The van der Waals surface area contributed by atoms with E-state index >= 15 is 28.8 Å². The number of aromatic hydroxyl groups is 3. The van der Waals surface area contributed by atoms with Crippen molar-refractivity contribution < 1.29 is 127 Å². The monoisotopic (exact) mass is 1840 g/mol. The maximum absolute atomic E-state index is 16.9. The molecule has 35 nitrogen and oxygen atoms in total. The van der Waals surface area contributed by atoms with Crippen molar-refractivity contribution in [3.05, 3.63) is 135 Å². The fraction of sp³-hybridized carbons (Fsp3) is 0.516. The number of halogens is 2. The van der Waals surface area contributed by atoms with Crippen molar-refractivity contribution in [3.63, 3.8) is 0 Å². The SMILES string of the molecule is CC[C@H](CC(C)C)C(=O)N[C@H]1C(=O)C[C@@H](CC(=O)NC(=O)Nc2ccc(OCCNC)cc2OCCNC)C(=O)N[C@H]2C(=O)C[C@H]3C(=O)N[C@H](C(=O)N[C@H](C(=O)CC4C5CC6CC(C5)CC4C6)c4cc(O)cc(O)c4-c4cc3ccc4O)[C@H](O)c3ccc(c(Cl)c3)Oc3cc2cc(c3O[C@@H]2O[C@H](CO)[C@@H](O)[C@H](O)[C@H]2O[C@H]2C[C@](C)(N)[C@H](O)[C@H](C)O2)Oc2ccc(cc2Cl)[C@H]1O. The summed E-state index contributed by atoms with van der Waals surface area (Å²) in [6, 6.07) is 10.3. The molecule has 7 amide bonds. The second kappa shape index (κ2) is 40.8. The Labute approximate surface area is 759 Å². The number of urea groups is 1. The molecular weight excluding hydrogens is 1730 g/mol. The minimum atomic E-state index is -2.28. The maximum Gasteiger partial charge on any atom is 0.325 e. The van der Waals surface area contributed by atoms with E-state index in [0.717, 1.165) is 68.5 Å². The number of carbonyl (C=O) groups excluding carboxylic acids is 9. The number of phenolic OH excluding ortho intramolecular Hbond substituents is 3. The third kappa shape index (κ3) is 21.2. The second-order valence-corrected chi connectivity index (χ2v) is 36.9. The van der Waals surface area contributed by atoms with Gasteiger partial charge in [-0.15, -0.1) is 0 Å². The zero-order valence-corrected chi connectivity index (χ0v) is 74.3. The van der Waals surface area contributed by atoms with Gasteiger partial charge in [0.2, 0.25) is 41.6 Å². The summed E-state index contributed by atoms with van der Waals surface area (Å²) in [5.74, 6) is -16.2. The van der Waals surface area contributed by atoms with Crippen LogP contribution in [-0.4, -0.2) is 213 Å². The second-order valence-electron chi connectivity index (χ2n) is 36.1. The summed E-state index contributed by atoms with van der Waals surface area (Å²) in [7, 11) is 3.43. The Morgan fingerprint density at radius 2 is 1.32 bits per heavy atom. The number of aliphatic hydroxyl groups is 6. The number of phenols is 3. The molecular formula is C93H113Cl2N9O26. The molecule has 37 heteroatoms. The molecule has 6 aromatic carbocycles. The lowest BCUT2D eigenvalue weighted by atomic mass is 9.51. The van der Waals surface area contributed by atoms with Crippen molar-refractivity contribution in [1.29, 1.82) is 0 Å². The Balaban J connectivity index is 0.955. The van der Waals surface area contributed by atoms with E-state index in [0.29, 0.717) is 37.1 Å². The molecule has 17 rings (SSSR count). The van der Waals surface area contributed by atoms with E-state index in [4.69, 9.17) is 66.8 Å². The van der Waals surface area contributed by atoms with Crippen LogP contribution in [0.5, 0.6) is 57.5 Å². The molecule has 7 heterocycles. The van der Waals surface area contributed by atoms with Gasteiger partial charge < -0.3 is 127 Å². The average molecular weight is 1840 g/mol. The van der Waals surface area contributed by atoms with E-state index in [2.05, 4.69) is 42.5 Å². The number of nitrogens with one attached hydrogen (secondary N) is 8. The number of ether oxygens (including phenoxy) is 8. The van der Waals surface area contributed by atoms with Crippen molar-refractivity contribution in [1.82, 2.24) is 37.2 Å². The lowest BCUT2D eigenvalue weighted by Crippen LogP contribution is -2.64. The summed E-state index contributed by atoms with van der Waals surface area (Å²) in [6.07, 6.45) is -15.9. The summed E-state index contributed by atoms with van der Waals surface area (Å²) in [5.41, 5.74) is 3.51. The summed E-state index contributed by atoms with van der Waals surface area (Å²) in [5, 5.41) is 128. The molecule has 6 aromatic rings. The number of hydrogen-bond donors (Lipinski definition) is 18. The number of fused-ring (bicyclic) bond motifs is 15. The molecule has 19 N–H and O–H groups in total. The predicted octanol–water partition coefficient (Wildman–Crippen LogP) is 7.53. The number of anilines is 1. The molecule has 0 aromatic heterocycles. The van der Waals surface area contributed by atoms with Gasteiger partial charge in [0.25, 0.3) is 0 Å². The number of carbonyl (C=O) groups is 9. The smallest absolute Gasteiger partial charge is 0.325 e. The first kappa shape index (κ1) is 95.7. The average Bonchev–Trinajstić information content (AvgIpc) is 0.756. The van der Waals surface area contributed by atoms with Gasteiger partial charge in [0.1, 0.15) is 108 Å². The number of likely N-dealkylation sites (N-methyl/N-ethyl adjacent to an activating group) is 2. The van der Waals surface area contributed by atoms with Crippen LogP contribution in [0, 0.1) is 47.3 Å². The molecule has 700 valence electrons. The van der Waals surface area contributed by atoms with Gasteiger partial charge in [-0.05, 0) is 203 Å². The Morgan fingerprint density at radius 1 is 0.677 bits per heavy atom. The fourth-order valence-electron chi connectivity index (χ4n) is 19.7. The van der Waals surface area contributed by atoms with Crippen molar-refractivity contribution in [3.8, 4) is 68.6 Å². The third-order valence-corrected chi connectivity index (χ3v) is 26.8. The highest BCUT2D eigenvalue weighted by Crippen LogP contribution is 2.59. The highest BCUT2D eigenvalue weighted by atomic mass is 35.5. The van der Waals surface area contributed by atoms with Crippen LogP contribution in [0.4, 0.5) is 10.5 Å². The first-order chi connectivity index (χ1) is 62.0. The molecule has 6 fully saturated rings. The van der Waals surface area contributed by atoms with Crippen LogP contribution in [0.25, 0.3) is 11.1 Å². The van der Waals surface area contributed by atoms with Crippen LogP contribution in [0.3, 0.4) is 0 Å². The topological polar surface area (TPSA) is 532 Å². The molecule has 130 heavy (non-hydrogen) atoms. The molecule has 4 saturated carbocycles. The normalized spacial score (nSPS) is 29.7. The van der Waals surface area contributed by atoms with Gasteiger partial charge in [0.15, 0.2) is 41.2 Å². The van der Waals surface area contributed by atoms with Crippen molar-refractivity contribution in [2.75, 3.05) is 52.3 Å². The van der Waals surface area contributed by atoms with E-state index in [1.165, 1.54) is 74.5 Å². The summed E-state index contributed by atoms with van der Waals surface area (Å²) in [6.45, 7) is 8.72. The van der Waals surface area contributed by atoms with Crippen LogP contribution in [0.15, 0.2) is 97.1 Å². The van der Waals surface area contributed by atoms with Crippen LogP contribution in [0.2, 0.25) is 10.0 Å².